The summed E-state index contributed by atoms with van der Waals surface area (Å²) >= 11 is 6.12. The maximum absolute atomic E-state index is 12.8. The number of ether oxygens (including phenoxy) is 2. The van der Waals surface area contributed by atoms with E-state index in [1.807, 2.05) is 6.92 Å². The molecule has 8 heteroatoms. The number of ketones is 1. The topological polar surface area (TPSA) is 89.0 Å². The van der Waals surface area contributed by atoms with Crippen molar-refractivity contribution in [3.05, 3.63) is 64.4 Å². The molecule has 0 bridgehead atoms. The molecule has 0 radical (unpaired) electrons. The molecule has 1 aromatic carbocycles. The van der Waals surface area contributed by atoms with Crippen LogP contribution < -0.4 is 4.74 Å². The molecule has 0 spiro atoms. The van der Waals surface area contributed by atoms with Gasteiger partial charge in [-0.2, -0.15) is 0 Å². The van der Waals surface area contributed by atoms with E-state index in [0.29, 0.717) is 28.6 Å². The number of aromatic nitrogens is 1. The van der Waals surface area contributed by atoms with Gasteiger partial charge in [-0.25, -0.2) is 0 Å². The van der Waals surface area contributed by atoms with Crippen LogP contribution in [0.4, 0.5) is 0 Å². The number of carbonyl (C=O) groups excluding carboxylic acids is 2. The first kappa shape index (κ1) is 20.8. The molecular formula is C21H21ClN2O5. The van der Waals surface area contributed by atoms with Gasteiger partial charge in [0.15, 0.2) is 0 Å². The number of aliphatic hydroxyl groups excluding tert-OH is 1. The van der Waals surface area contributed by atoms with Crippen molar-refractivity contribution in [3.63, 3.8) is 0 Å². The van der Waals surface area contributed by atoms with Crippen LogP contribution in [-0.4, -0.2) is 53.5 Å². The van der Waals surface area contributed by atoms with Gasteiger partial charge in [-0.05, 0) is 37.3 Å². The first-order valence-electron chi connectivity index (χ1n) is 9.10. The molecule has 1 aliphatic rings. The van der Waals surface area contributed by atoms with Crippen molar-refractivity contribution >= 4 is 29.1 Å². The highest BCUT2D eigenvalue weighted by Gasteiger charge is 2.46. The average Bonchev–Trinajstić information content (AvgIpc) is 2.98. The van der Waals surface area contributed by atoms with E-state index in [1.54, 1.807) is 42.6 Å². The standard InChI is InChI=1S/C21H21ClN2O5/c1-3-29-16-12-13(7-8-14(16)22)19(25)17-18(15-6-4-5-9-23-15)24(10-11-28-2)21(27)20(17)26/h4-9,12,18,25H,3,10-11H2,1-2H3/b19-17-. The number of Topliss-reactive ketones (excluding diaryl/α,β-unsaturated/α-hetero) is 1. The Hall–Kier alpha value is -2.90. The minimum Gasteiger partial charge on any atom is -0.507 e. The summed E-state index contributed by atoms with van der Waals surface area (Å²) in [7, 11) is 1.51. The Kier molecular flexibility index (Phi) is 6.51. The number of hydrogen-bond acceptors (Lipinski definition) is 6. The number of rotatable bonds is 7. The Morgan fingerprint density at radius 3 is 2.72 bits per heavy atom. The second-order valence-electron chi connectivity index (χ2n) is 6.32. The van der Waals surface area contributed by atoms with E-state index in [0.717, 1.165) is 0 Å². The normalized spacial score (nSPS) is 18.3. The summed E-state index contributed by atoms with van der Waals surface area (Å²) < 4.78 is 10.5. The number of methoxy groups -OCH3 is 1. The number of pyridine rings is 1. The predicted octanol–water partition coefficient (Wildman–Crippen LogP) is 3.20. The quantitative estimate of drug-likeness (QED) is 0.423. The largest absolute Gasteiger partial charge is 0.507 e. The van der Waals surface area contributed by atoms with Crippen molar-refractivity contribution in [2.45, 2.75) is 13.0 Å². The SMILES string of the molecule is CCOc1cc(/C(O)=C2/C(=O)C(=O)N(CCOC)C2c2ccccn2)ccc1Cl. The van der Waals surface area contributed by atoms with Crippen LogP contribution >= 0.6 is 11.6 Å². The molecule has 29 heavy (non-hydrogen) atoms. The lowest BCUT2D eigenvalue weighted by atomic mass is 9.98. The van der Waals surface area contributed by atoms with Gasteiger partial charge >= 0.3 is 0 Å². The van der Waals surface area contributed by atoms with E-state index >= 15 is 0 Å². The molecule has 1 amide bonds. The number of hydrogen-bond donors (Lipinski definition) is 1. The zero-order chi connectivity index (χ0) is 21.0. The Morgan fingerprint density at radius 2 is 2.07 bits per heavy atom. The van der Waals surface area contributed by atoms with Crippen LogP contribution in [0, 0.1) is 0 Å². The smallest absolute Gasteiger partial charge is 0.295 e. The molecule has 2 heterocycles. The Labute approximate surface area is 173 Å². The molecule has 1 N–H and O–H groups in total. The molecule has 1 unspecified atom stereocenters. The van der Waals surface area contributed by atoms with Crippen LogP contribution in [0.1, 0.15) is 24.2 Å². The molecule has 0 aliphatic carbocycles. The molecule has 1 saturated heterocycles. The van der Waals surface area contributed by atoms with Crippen molar-refractivity contribution in [3.8, 4) is 5.75 Å². The van der Waals surface area contributed by atoms with Crippen LogP contribution in [0.3, 0.4) is 0 Å². The fourth-order valence-electron chi connectivity index (χ4n) is 3.22. The van der Waals surface area contributed by atoms with Crippen molar-refractivity contribution < 1.29 is 24.2 Å². The van der Waals surface area contributed by atoms with Crippen molar-refractivity contribution in [2.24, 2.45) is 0 Å². The van der Waals surface area contributed by atoms with Gasteiger partial charge in [-0.1, -0.05) is 17.7 Å². The highest BCUT2D eigenvalue weighted by atomic mass is 35.5. The molecule has 1 aromatic heterocycles. The van der Waals surface area contributed by atoms with E-state index < -0.39 is 17.7 Å². The molecule has 2 aromatic rings. The monoisotopic (exact) mass is 416 g/mol. The number of aliphatic hydroxyl groups is 1. The zero-order valence-electron chi connectivity index (χ0n) is 16.1. The molecule has 1 atom stereocenters. The number of carbonyl (C=O) groups is 2. The van der Waals surface area contributed by atoms with E-state index in [2.05, 4.69) is 4.98 Å². The van der Waals surface area contributed by atoms with Crippen LogP contribution in [0.15, 0.2) is 48.2 Å². The lowest BCUT2D eigenvalue weighted by Crippen LogP contribution is -2.33. The van der Waals surface area contributed by atoms with E-state index in [-0.39, 0.29) is 24.5 Å². The lowest BCUT2D eigenvalue weighted by Gasteiger charge is -2.24. The maximum atomic E-state index is 12.8. The van der Waals surface area contributed by atoms with E-state index in [9.17, 15) is 14.7 Å². The molecule has 3 rings (SSSR count). The molecular weight excluding hydrogens is 396 g/mol. The van der Waals surface area contributed by atoms with Crippen LogP contribution in [0.5, 0.6) is 5.75 Å². The summed E-state index contributed by atoms with van der Waals surface area (Å²) in [5.41, 5.74) is 0.765. The zero-order valence-corrected chi connectivity index (χ0v) is 16.8. The number of halogens is 1. The minimum atomic E-state index is -0.822. The molecule has 152 valence electrons. The van der Waals surface area contributed by atoms with Crippen molar-refractivity contribution in [2.75, 3.05) is 26.9 Å². The van der Waals surface area contributed by atoms with Gasteiger partial charge in [0.05, 0.1) is 29.5 Å². The van der Waals surface area contributed by atoms with Gasteiger partial charge in [0.25, 0.3) is 11.7 Å². The molecule has 7 nitrogen and oxygen atoms in total. The predicted molar refractivity (Wildman–Crippen MR) is 108 cm³/mol. The first-order chi connectivity index (χ1) is 14.0. The Morgan fingerprint density at radius 1 is 1.28 bits per heavy atom. The summed E-state index contributed by atoms with van der Waals surface area (Å²) in [6, 6.07) is 9.05. The number of likely N-dealkylation sites (tertiary alicyclic amines) is 1. The van der Waals surface area contributed by atoms with Gasteiger partial charge in [-0.3, -0.25) is 14.6 Å². The van der Waals surface area contributed by atoms with Gasteiger partial charge < -0.3 is 19.5 Å². The summed E-state index contributed by atoms with van der Waals surface area (Å²) in [6.45, 7) is 2.63. The summed E-state index contributed by atoms with van der Waals surface area (Å²) in [5.74, 6) is -1.42. The second kappa shape index (κ2) is 9.07. The van der Waals surface area contributed by atoms with E-state index in [4.69, 9.17) is 21.1 Å². The second-order valence-corrected chi connectivity index (χ2v) is 6.73. The Bertz CT molecular complexity index is 945. The number of amides is 1. The average molecular weight is 417 g/mol. The van der Waals surface area contributed by atoms with E-state index in [1.165, 1.54) is 12.0 Å². The Balaban J connectivity index is 2.14. The first-order valence-corrected chi connectivity index (χ1v) is 9.48. The summed E-state index contributed by atoms with van der Waals surface area (Å²) in [4.78, 5) is 31.1. The third-order valence-electron chi connectivity index (χ3n) is 4.55. The summed E-state index contributed by atoms with van der Waals surface area (Å²) in [6.07, 6.45) is 1.57. The lowest BCUT2D eigenvalue weighted by molar-refractivity contribution is -0.140. The highest BCUT2D eigenvalue weighted by molar-refractivity contribution is 6.46. The van der Waals surface area contributed by atoms with Crippen LogP contribution in [-0.2, 0) is 14.3 Å². The van der Waals surface area contributed by atoms with Gasteiger partial charge in [0.2, 0.25) is 0 Å². The molecule has 1 aliphatic heterocycles. The van der Waals surface area contributed by atoms with Gasteiger partial charge in [-0.15, -0.1) is 0 Å². The molecule has 0 saturated carbocycles. The third-order valence-corrected chi connectivity index (χ3v) is 4.86. The fourth-order valence-corrected chi connectivity index (χ4v) is 3.39. The van der Waals surface area contributed by atoms with Gasteiger partial charge in [0, 0.05) is 25.4 Å². The van der Waals surface area contributed by atoms with Crippen molar-refractivity contribution in [1.29, 1.82) is 0 Å². The van der Waals surface area contributed by atoms with Crippen LogP contribution in [0.25, 0.3) is 5.76 Å². The summed E-state index contributed by atoms with van der Waals surface area (Å²) in [5, 5.41) is 11.4. The van der Waals surface area contributed by atoms with Gasteiger partial charge in [0.1, 0.15) is 17.6 Å². The third kappa shape index (κ3) is 4.11. The maximum Gasteiger partial charge on any atom is 0.295 e. The van der Waals surface area contributed by atoms with Crippen molar-refractivity contribution in [1.82, 2.24) is 9.88 Å². The molecule has 1 fully saturated rings. The van der Waals surface area contributed by atoms with Crippen LogP contribution in [0.2, 0.25) is 5.02 Å². The highest BCUT2D eigenvalue weighted by Crippen LogP contribution is 2.39. The number of nitrogens with zero attached hydrogens (tertiary/aromatic N) is 2. The fraction of sp³-hybridized carbons (Fsp3) is 0.286. The minimum absolute atomic E-state index is 0.0328. The number of benzene rings is 1.